The van der Waals surface area contributed by atoms with E-state index in [0.29, 0.717) is 10.9 Å². The molecule has 0 radical (unpaired) electrons. The largest absolute Gasteiger partial charge is 0.504 e. The lowest BCUT2D eigenvalue weighted by Crippen LogP contribution is -2.15. The molecule has 0 aliphatic rings. The van der Waals surface area contributed by atoms with Crippen LogP contribution in [0.5, 0.6) is 11.5 Å². The molecule has 0 saturated carbocycles. The second-order valence-corrected chi connectivity index (χ2v) is 4.39. The van der Waals surface area contributed by atoms with Crippen LogP contribution < -0.4 is 4.74 Å². The molecule has 0 heterocycles. The smallest absolute Gasteiger partial charge is 0.339 e. The summed E-state index contributed by atoms with van der Waals surface area (Å²) in [4.78, 5) is 11.4. The van der Waals surface area contributed by atoms with Crippen molar-refractivity contribution in [2.75, 3.05) is 14.2 Å². The number of aromatic hydroxyl groups is 1. The van der Waals surface area contributed by atoms with E-state index in [2.05, 4.69) is 20.7 Å². The Hall–Kier alpha value is -1.27. The van der Waals surface area contributed by atoms with Crippen molar-refractivity contribution in [3.8, 4) is 11.5 Å². The van der Waals surface area contributed by atoms with E-state index in [4.69, 9.17) is 4.74 Å². The summed E-state index contributed by atoms with van der Waals surface area (Å²) in [7, 11) is 2.56. The lowest BCUT2D eigenvalue weighted by molar-refractivity contribution is -0.150. The lowest BCUT2D eigenvalue weighted by Gasteiger charge is -2.17. The summed E-state index contributed by atoms with van der Waals surface area (Å²) >= 11 is 3.27. The highest BCUT2D eigenvalue weighted by atomic mass is 79.9. The monoisotopic (exact) mass is 318 g/mol. The number of methoxy groups -OCH3 is 2. The van der Waals surface area contributed by atoms with Crippen LogP contribution >= 0.6 is 15.9 Å². The van der Waals surface area contributed by atoms with Crippen molar-refractivity contribution < 1.29 is 24.5 Å². The first kappa shape index (κ1) is 14.8. The van der Waals surface area contributed by atoms with E-state index in [0.717, 1.165) is 12.7 Å². The molecule has 6 heteroatoms. The van der Waals surface area contributed by atoms with Crippen LogP contribution in [0.4, 0.5) is 0 Å². The van der Waals surface area contributed by atoms with Gasteiger partial charge in [-0.1, -0.05) is 6.92 Å². The quantitative estimate of drug-likeness (QED) is 0.830. The molecule has 1 atom stereocenters. The average Bonchev–Trinajstić information content (AvgIpc) is 2.38. The second-order valence-electron chi connectivity index (χ2n) is 3.59. The van der Waals surface area contributed by atoms with Gasteiger partial charge >= 0.3 is 5.97 Å². The number of rotatable bonds is 4. The summed E-state index contributed by atoms with van der Waals surface area (Å²) in [6.07, 6.45) is -0.914. The Morgan fingerprint density at radius 2 is 2.11 bits per heavy atom. The topological polar surface area (TPSA) is 76.0 Å². The number of phenols is 1. The zero-order chi connectivity index (χ0) is 13.9. The van der Waals surface area contributed by atoms with Crippen LogP contribution in [-0.2, 0) is 16.0 Å². The summed E-state index contributed by atoms with van der Waals surface area (Å²) in [6, 6.07) is 1.65. The minimum atomic E-state index is -1.57. The van der Waals surface area contributed by atoms with Crippen molar-refractivity contribution in [2.24, 2.45) is 0 Å². The van der Waals surface area contributed by atoms with Crippen molar-refractivity contribution in [3.63, 3.8) is 0 Å². The summed E-state index contributed by atoms with van der Waals surface area (Å²) < 4.78 is 9.95. The first-order valence-corrected chi connectivity index (χ1v) is 6.11. The van der Waals surface area contributed by atoms with Crippen molar-refractivity contribution in [1.29, 1.82) is 0 Å². The number of esters is 1. The predicted octanol–water partition coefficient (Wildman–Crippen LogP) is 1.93. The third-order valence-corrected chi connectivity index (χ3v) is 3.55. The third kappa shape index (κ3) is 2.59. The van der Waals surface area contributed by atoms with Gasteiger partial charge in [-0.05, 0) is 34.0 Å². The van der Waals surface area contributed by atoms with Gasteiger partial charge in [-0.2, -0.15) is 0 Å². The molecule has 0 aromatic heterocycles. The minimum absolute atomic E-state index is 0.0538. The highest BCUT2D eigenvalue weighted by Crippen LogP contribution is 2.41. The van der Waals surface area contributed by atoms with E-state index in [-0.39, 0.29) is 17.1 Å². The van der Waals surface area contributed by atoms with E-state index >= 15 is 0 Å². The number of benzene rings is 1. The van der Waals surface area contributed by atoms with Gasteiger partial charge < -0.3 is 19.7 Å². The Labute approximate surface area is 113 Å². The van der Waals surface area contributed by atoms with Gasteiger partial charge in [-0.15, -0.1) is 0 Å². The molecule has 0 bridgehead atoms. The summed E-state index contributed by atoms with van der Waals surface area (Å²) in [5, 5.41) is 19.9. The first-order valence-electron chi connectivity index (χ1n) is 5.32. The Morgan fingerprint density at radius 1 is 1.50 bits per heavy atom. The molecular weight excluding hydrogens is 304 g/mol. The SMILES string of the molecule is CCc1cc(OC)c(O)c(C(O)C(=O)OC)c1Br. The number of carbonyl (C=O) groups is 1. The molecule has 18 heavy (non-hydrogen) atoms. The maximum absolute atomic E-state index is 11.4. The highest BCUT2D eigenvalue weighted by Gasteiger charge is 2.27. The summed E-state index contributed by atoms with van der Waals surface area (Å²) in [6.45, 7) is 1.91. The van der Waals surface area contributed by atoms with E-state index < -0.39 is 12.1 Å². The molecule has 1 unspecified atom stereocenters. The van der Waals surface area contributed by atoms with E-state index in [1.807, 2.05) is 6.92 Å². The van der Waals surface area contributed by atoms with Crippen LogP contribution in [0.25, 0.3) is 0 Å². The van der Waals surface area contributed by atoms with Gasteiger partial charge in [0.05, 0.1) is 19.8 Å². The zero-order valence-electron chi connectivity index (χ0n) is 10.4. The van der Waals surface area contributed by atoms with E-state index in [1.165, 1.54) is 7.11 Å². The second kappa shape index (κ2) is 6.06. The summed E-state index contributed by atoms with van der Waals surface area (Å²) in [5.41, 5.74) is 0.862. The van der Waals surface area contributed by atoms with Crippen molar-refractivity contribution in [3.05, 3.63) is 21.7 Å². The predicted molar refractivity (Wildman–Crippen MR) is 68.7 cm³/mol. The lowest BCUT2D eigenvalue weighted by atomic mass is 10.0. The Kier molecular flexibility index (Phi) is 4.98. The van der Waals surface area contributed by atoms with Crippen LogP contribution in [0.15, 0.2) is 10.5 Å². The van der Waals surface area contributed by atoms with Crippen LogP contribution in [0.1, 0.15) is 24.2 Å². The number of aryl methyl sites for hydroxylation is 1. The maximum Gasteiger partial charge on any atom is 0.339 e. The van der Waals surface area contributed by atoms with Gasteiger partial charge in [-0.3, -0.25) is 0 Å². The van der Waals surface area contributed by atoms with Crippen molar-refractivity contribution >= 4 is 21.9 Å². The summed E-state index contributed by atoms with van der Waals surface area (Å²) in [5.74, 6) is -0.922. The van der Waals surface area contributed by atoms with Crippen LogP contribution in [0, 0.1) is 0 Å². The molecule has 0 saturated heterocycles. The molecular formula is C12H15BrO5. The molecule has 0 aliphatic carbocycles. The normalized spacial score (nSPS) is 12.1. The molecule has 0 aliphatic heterocycles. The Bertz CT molecular complexity index is 430. The molecule has 0 fully saturated rings. The standard InChI is InChI=1S/C12H15BrO5/c1-4-6-5-7(17-2)10(14)8(9(6)13)11(15)12(16)18-3/h5,11,14-15H,4H2,1-3H3. The van der Waals surface area contributed by atoms with Gasteiger partial charge in [0.15, 0.2) is 17.6 Å². The minimum Gasteiger partial charge on any atom is -0.504 e. The molecule has 1 aromatic carbocycles. The van der Waals surface area contributed by atoms with Gasteiger partial charge in [0.1, 0.15) is 0 Å². The van der Waals surface area contributed by atoms with Crippen LogP contribution in [0.2, 0.25) is 0 Å². The fourth-order valence-electron chi connectivity index (χ4n) is 1.59. The number of hydrogen-bond donors (Lipinski definition) is 2. The number of phenolic OH excluding ortho intramolecular Hbond substituents is 1. The number of aliphatic hydroxyl groups excluding tert-OH is 1. The highest BCUT2D eigenvalue weighted by molar-refractivity contribution is 9.10. The van der Waals surface area contributed by atoms with E-state index in [9.17, 15) is 15.0 Å². The number of ether oxygens (including phenoxy) is 2. The average molecular weight is 319 g/mol. The zero-order valence-corrected chi connectivity index (χ0v) is 11.9. The number of halogens is 1. The van der Waals surface area contributed by atoms with Crippen molar-refractivity contribution in [1.82, 2.24) is 0 Å². The Morgan fingerprint density at radius 3 is 2.56 bits per heavy atom. The van der Waals surface area contributed by atoms with Crippen LogP contribution in [-0.4, -0.2) is 30.4 Å². The number of aliphatic hydroxyl groups is 1. The van der Waals surface area contributed by atoms with E-state index in [1.54, 1.807) is 6.07 Å². The molecule has 100 valence electrons. The Balaban J connectivity index is 3.45. The molecule has 0 amide bonds. The first-order chi connectivity index (χ1) is 8.47. The third-order valence-electron chi connectivity index (χ3n) is 2.61. The molecule has 5 nitrogen and oxygen atoms in total. The van der Waals surface area contributed by atoms with Crippen molar-refractivity contribution in [2.45, 2.75) is 19.4 Å². The number of carbonyl (C=O) groups excluding carboxylic acids is 1. The van der Waals surface area contributed by atoms with Gasteiger partial charge in [0, 0.05) is 4.47 Å². The van der Waals surface area contributed by atoms with Gasteiger partial charge in [-0.25, -0.2) is 4.79 Å². The molecule has 2 N–H and O–H groups in total. The number of hydrogen-bond acceptors (Lipinski definition) is 5. The molecule has 1 aromatic rings. The van der Waals surface area contributed by atoms with Gasteiger partial charge in [0.2, 0.25) is 0 Å². The molecule has 0 spiro atoms. The molecule has 1 rings (SSSR count). The van der Waals surface area contributed by atoms with Crippen LogP contribution in [0.3, 0.4) is 0 Å². The van der Waals surface area contributed by atoms with Gasteiger partial charge in [0.25, 0.3) is 0 Å². The maximum atomic E-state index is 11.4. The fourth-order valence-corrected chi connectivity index (χ4v) is 2.39. The fraction of sp³-hybridized carbons (Fsp3) is 0.417.